The second kappa shape index (κ2) is 9.19. The van der Waals surface area contributed by atoms with E-state index in [1.54, 1.807) is 12.1 Å². The lowest BCUT2D eigenvalue weighted by Crippen LogP contribution is -2.28. The molecule has 0 fully saturated rings. The van der Waals surface area contributed by atoms with Crippen LogP contribution in [-0.4, -0.2) is 16.0 Å². The van der Waals surface area contributed by atoms with Crippen LogP contribution in [0.15, 0.2) is 91.0 Å². The van der Waals surface area contributed by atoms with Crippen molar-refractivity contribution in [3.05, 3.63) is 108 Å². The summed E-state index contributed by atoms with van der Waals surface area (Å²) in [5.74, 6) is 0.537. The van der Waals surface area contributed by atoms with Crippen LogP contribution in [0.1, 0.15) is 11.1 Å². The van der Waals surface area contributed by atoms with Crippen LogP contribution in [0.5, 0.6) is 0 Å². The van der Waals surface area contributed by atoms with Crippen molar-refractivity contribution >= 4 is 22.8 Å². The Morgan fingerprint density at radius 1 is 0.882 bits per heavy atom. The fourth-order valence-electron chi connectivity index (χ4n) is 3.87. The summed E-state index contributed by atoms with van der Waals surface area (Å²) in [6.07, 6.45) is 0. The van der Waals surface area contributed by atoms with E-state index >= 15 is 0 Å². The van der Waals surface area contributed by atoms with E-state index in [1.165, 1.54) is 12.1 Å². The van der Waals surface area contributed by atoms with E-state index < -0.39 is 0 Å². The number of H-pyrrole nitrogens is 1. The van der Waals surface area contributed by atoms with E-state index in [0.29, 0.717) is 12.2 Å². The normalized spacial score (nSPS) is 10.9. The molecule has 0 unspecified atom stereocenters. The van der Waals surface area contributed by atoms with Crippen LogP contribution in [0.3, 0.4) is 0 Å². The van der Waals surface area contributed by atoms with Gasteiger partial charge in [-0.3, -0.25) is 0 Å². The second-order valence-corrected chi connectivity index (χ2v) is 8.15. The smallest absolute Gasteiger partial charge is 0.319 e. The number of urea groups is 1. The molecule has 0 saturated heterocycles. The zero-order valence-electron chi connectivity index (χ0n) is 18.6. The molecule has 168 valence electrons. The van der Waals surface area contributed by atoms with Crippen molar-refractivity contribution in [2.75, 3.05) is 5.32 Å². The first-order valence-corrected chi connectivity index (χ1v) is 11.0. The summed E-state index contributed by atoms with van der Waals surface area (Å²) in [6.45, 7) is 2.37. The van der Waals surface area contributed by atoms with Gasteiger partial charge >= 0.3 is 6.03 Å². The van der Waals surface area contributed by atoms with E-state index in [0.717, 1.165) is 44.7 Å². The van der Waals surface area contributed by atoms with E-state index in [2.05, 4.69) is 28.6 Å². The third kappa shape index (κ3) is 4.66. The van der Waals surface area contributed by atoms with Crippen LogP contribution in [0.25, 0.3) is 33.5 Å². The lowest BCUT2D eigenvalue weighted by Gasteiger charge is -2.10. The van der Waals surface area contributed by atoms with Gasteiger partial charge in [0.1, 0.15) is 11.6 Å². The molecular formula is C28H23FN4O. The number of nitrogens with one attached hydrogen (secondary N) is 3. The van der Waals surface area contributed by atoms with Crippen molar-refractivity contribution in [3.63, 3.8) is 0 Å². The van der Waals surface area contributed by atoms with Crippen LogP contribution in [0.4, 0.5) is 14.9 Å². The van der Waals surface area contributed by atoms with E-state index in [4.69, 9.17) is 4.98 Å². The van der Waals surface area contributed by atoms with Gasteiger partial charge in [0.2, 0.25) is 0 Å². The molecule has 2 amide bonds. The highest BCUT2D eigenvalue weighted by atomic mass is 19.1. The van der Waals surface area contributed by atoms with Gasteiger partial charge in [-0.25, -0.2) is 14.2 Å². The van der Waals surface area contributed by atoms with Crippen molar-refractivity contribution in [2.24, 2.45) is 0 Å². The summed E-state index contributed by atoms with van der Waals surface area (Å²) in [5, 5.41) is 5.64. The van der Waals surface area contributed by atoms with Crippen molar-refractivity contribution in [1.29, 1.82) is 0 Å². The number of aromatic amines is 1. The summed E-state index contributed by atoms with van der Waals surface area (Å²) in [6, 6.07) is 27.7. The third-order valence-corrected chi connectivity index (χ3v) is 5.69. The van der Waals surface area contributed by atoms with Gasteiger partial charge in [0.15, 0.2) is 0 Å². The van der Waals surface area contributed by atoms with Crippen LogP contribution >= 0.6 is 0 Å². The number of imidazole rings is 1. The van der Waals surface area contributed by atoms with Gasteiger partial charge in [-0.1, -0.05) is 60.7 Å². The molecule has 0 bridgehead atoms. The van der Waals surface area contributed by atoms with Gasteiger partial charge in [0, 0.05) is 17.8 Å². The predicted octanol–water partition coefficient (Wildman–Crippen LogP) is 6.67. The van der Waals surface area contributed by atoms with Crippen LogP contribution in [0.2, 0.25) is 0 Å². The highest BCUT2D eigenvalue weighted by molar-refractivity contribution is 5.90. The zero-order chi connectivity index (χ0) is 23.5. The number of aromatic nitrogens is 2. The lowest BCUT2D eigenvalue weighted by molar-refractivity contribution is 0.251. The highest BCUT2D eigenvalue weighted by Gasteiger charge is 2.08. The number of amides is 2. The molecular weight excluding hydrogens is 427 g/mol. The van der Waals surface area contributed by atoms with Crippen molar-refractivity contribution in [2.45, 2.75) is 13.5 Å². The molecule has 5 rings (SSSR count). The standard InChI is InChI=1S/C28H23FN4O/c1-18-4-2-7-25-26(18)33-27(32-25)21-12-10-20(11-13-21)22-5-3-6-24(16-22)31-28(34)30-17-19-8-14-23(29)15-9-19/h2-16H,17H2,1H3,(H,32,33)(H2,30,31,34). The van der Waals surface area contributed by atoms with Crippen molar-refractivity contribution in [1.82, 2.24) is 15.3 Å². The van der Waals surface area contributed by atoms with Gasteiger partial charge in [0.05, 0.1) is 11.0 Å². The molecule has 34 heavy (non-hydrogen) atoms. The number of carbonyl (C=O) groups excluding carboxylic acids is 1. The number of hydrogen-bond donors (Lipinski definition) is 3. The van der Waals surface area contributed by atoms with E-state index in [1.807, 2.05) is 60.7 Å². The van der Waals surface area contributed by atoms with Crippen LogP contribution < -0.4 is 10.6 Å². The van der Waals surface area contributed by atoms with Gasteiger partial charge in [-0.15, -0.1) is 0 Å². The summed E-state index contributed by atoms with van der Waals surface area (Å²) in [7, 11) is 0. The molecule has 0 atom stereocenters. The highest BCUT2D eigenvalue weighted by Crippen LogP contribution is 2.27. The molecule has 0 saturated carbocycles. The topological polar surface area (TPSA) is 69.8 Å². The number of carbonyl (C=O) groups is 1. The Balaban J connectivity index is 1.27. The number of nitrogens with zero attached hydrogens (tertiary/aromatic N) is 1. The summed E-state index contributed by atoms with van der Waals surface area (Å²) >= 11 is 0. The van der Waals surface area contributed by atoms with E-state index in [9.17, 15) is 9.18 Å². The number of anilines is 1. The average Bonchev–Trinajstić information content (AvgIpc) is 3.30. The first-order chi connectivity index (χ1) is 16.5. The minimum Gasteiger partial charge on any atom is -0.338 e. The monoisotopic (exact) mass is 450 g/mol. The van der Waals surface area contributed by atoms with Crippen molar-refractivity contribution < 1.29 is 9.18 Å². The fourth-order valence-corrected chi connectivity index (χ4v) is 3.87. The molecule has 5 nitrogen and oxygen atoms in total. The Morgan fingerprint density at radius 3 is 2.38 bits per heavy atom. The first kappa shape index (κ1) is 21.4. The van der Waals surface area contributed by atoms with E-state index in [-0.39, 0.29) is 11.8 Å². The Bertz CT molecular complexity index is 1460. The summed E-state index contributed by atoms with van der Waals surface area (Å²) in [5.41, 5.74) is 7.69. The molecule has 0 radical (unpaired) electrons. The SMILES string of the molecule is Cc1cccc2[nH]c(-c3ccc(-c4cccc(NC(=O)NCc5ccc(F)cc5)c4)cc3)nc12. The Hall–Kier alpha value is -4.45. The maximum absolute atomic E-state index is 13.0. The number of rotatable bonds is 5. The second-order valence-electron chi connectivity index (χ2n) is 8.15. The molecule has 5 aromatic rings. The summed E-state index contributed by atoms with van der Waals surface area (Å²) < 4.78 is 13.0. The number of halogens is 1. The number of para-hydroxylation sites is 1. The number of benzene rings is 4. The minimum atomic E-state index is -0.322. The Morgan fingerprint density at radius 2 is 1.62 bits per heavy atom. The minimum absolute atomic E-state index is 0.300. The number of hydrogen-bond acceptors (Lipinski definition) is 2. The van der Waals surface area contributed by atoms with Gasteiger partial charge in [-0.05, 0) is 59.5 Å². The maximum Gasteiger partial charge on any atom is 0.319 e. The largest absolute Gasteiger partial charge is 0.338 e. The fraction of sp³-hybridized carbons (Fsp3) is 0.0714. The Labute approximate surface area is 196 Å². The molecule has 0 aliphatic rings. The average molecular weight is 451 g/mol. The molecule has 0 spiro atoms. The quantitative estimate of drug-likeness (QED) is 0.280. The third-order valence-electron chi connectivity index (χ3n) is 5.69. The van der Waals surface area contributed by atoms with Crippen LogP contribution in [0, 0.1) is 12.7 Å². The molecule has 0 aliphatic heterocycles. The Kier molecular flexibility index (Phi) is 5.79. The molecule has 3 N–H and O–H groups in total. The molecule has 4 aromatic carbocycles. The molecule has 6 heteroatoms. The number of fused-ring (bicyclic) bond motifs is 1. The zero-order valence-corrected chi connectivity index (χ0v) is 18.6. The van der Waals surface area contributed by atoms with Gasteiger partial charge in [-0.2, -0.15) is 0 Å². The molecule has 1 aromatic heterocycles. The van der Waals surface area contributed by atoms with Gasteiger partial charge < -0.3 is 15.6 Å². The lowest BCUT2D eigenvalue weighted by atomic mass is 10.0. The van der Waals surface area contributed by atoms with Crippen LogP contribution in [-0.2, 0) is 6.54 Å². The number of aryl methyl sites for hydroxylation is 1. The maximum atomic E-state index is 13.0. The van der Waals surface area contributed by atoms with Gasteiger partial charge in [0.25, 0.3) is 0 Å². The summed E-state index contributed by atoms with van der Waals surface area (Å²) in [4.78, 5) is 20.4. The first-order valence-electron chi connectivity index (χ1n) is 11.0. The van der Waals surface area contributed by atoms with Crippen molar-refractivity contribution in [3.8, 4) is 22.5 Å². The molecule has 1 heterocycles. The predicted molar refractivity (Wildman–Crippen MR) is 134 cm³/mol. The molecule has 0 aliphatic carbocycles.